The lowest BCUT2D eigenvalue weighted by Crippen LogP contribution is -2.51. The molecule has 0 saturated carbocycles. The van der Waals surface area contributed by atoms with Gasteiger partial charge >= 0.3 is 0 Å². The summed E-state index contributed by atoms with van der Waals surface area (Å²) in [4.78, 5) is 32.8. The average molecular weight is 488 g/mol. The molecule has 4 heterocycles. The van der Waals surface area contributed by atoms with E-state index in [2.05, 4.69) is 51.0 Å². The van der Waals surface area contributed by atoms with Crippen LogP contribution in [0.3, 0.4) is 0 Å². The van der Waals surface area contributed by atoms with Crippen LogP contribution in [0.5, 0.6) is 0 Å². The minimum atomic E-state index is -0.187. The van der Waals surface area contributed by atoms with Gasteiger partial charge in [-0.1, -0.05) is 30.3 Å². The van der Waals surface area contributed by atoms with E-state index in [4.69, 9.17) is 4.74 Å². The fourth-order valence-electron chi connectivity index (χ4n) is 6.03. The van der Waals surface area contributed by atoms with Crippen molar-refractivity contribution in [3.05, 3.63) is 65.4 Å². The quantitative estimate of drug-likeness (QED) is 0.579. The summed E-state index contributed by atoms with van der Waals surface area (Å²) in [6.07, 6.45) is 1.02. The summed E-state index contributed by atoms with van der Waals surface area (Å²) in [5.41, 5.74) is 5.26. The average Bonchev–Trinajstić information content (AvgIpc) is 3.24. The van der Waals surface area contributed by atoms with Crippen molar-refractivity contribution in [3.8, 4) is 0 Å². The second-order valence-corrected chi connectivity index (χ2v) is 9.84. The van der Waals surface area contributed by atoms with E-state index >= 15 is 0 Å². The van der Waals surface area contributed by atoms with Crippen LogP contribution in [0.25, 0.3) is 10.9 Å². The molecule has 0 bridgehead atoms. The lowest BCUT2D eigenvalue weighted by molar-refractivity contribution is -0.121. The van der Waals surface area contributed by atoms with E-state index in [1.165, 1.54) is 10.9 Å². The van der Waals surface area contributed by atoms with Crippen LogP contribution in [-0.4, -0.2) is 79.2 Å². The number of hydrogen-bond acceptors (Lipinski definition) is 5. The highest BCUT2D eigenvalue weighted by Crippen LogP contribution is 2.44. The van der Waals surface area contributed by atoms with Crippen molar-refractivity contribution in [2.75, 3.05) is 57.9 Å². The highest BCUT2D eigenvalue weighted by atomic mass is 16.5. The molecule has 188 valence electrons. The molecule has 0 aliphatic carbocycles. The first-order chi connectivity index (χ1) is 17.6. The van der Waals surface area contributed by atoms with Crippen molar-refractivity contribution in [1.29, 1.82) is 0 Å². The van der Waals surface area contributed by atoms with Crippen molar-refractivity contribution in [2.24, 2.45) is 0 Å². The zero-order valence-electron chi connectivity index (χ0n) is 20.8. The summed E-state index contributed by atoms with van der Waals surface area (Å²) in [6.45, 7) is 6.13. The number of nitrogens with one attached hydrogen (secondary N) is 1. The topological polar surface area (TPSA) is 70.1 Å². The minimum absolute atomic E-state index is 0.0564. The number of aromatic nitrogens is 1. The molecule has 8 heteroatoms. The number of fused-ring (bicyclic) bond motifs is 6. The third-order valence-electron chi connectivity index (χ3n) is 7.82. The Bertz CT molecular complexity index is 1300. The summed E-state index contributed by atoms with van der Waals surface area (Å²) in [6, 6.07) is 16.3. The number of aryl methyl sites for hydroxylation is 1. The molecule has 0 spiro atoms. The van der Waals surface area contributed by atoms with Crippen LogP contribution in [0.15, 0.2) is 48.5 Å². The molecule has 1 aromatic heterocycles. The van der Waals surface area contributed by atoms with Crippen molar-refractivity contribution in [1.82, 2.24) is 19.7 Å². The summed E-state index contributed by atoms with van der Waals surface area (Å²) in [5, 5.41) is 4.32. The number of amides is 2. The highest BCUT2D eigenvalue weighted by molar-refractivity contribution is 6.02. The van der Waals surface area contributed by atoms with Gasteiger partial charge in [-0.05, 0) is 30.2 Å². The van der Waals surface area contributed by atoms with Gasteiger partial charge < -0.3 is 24.4 Å². The predicted molar refractivity (Wildman–Crippen MR) is 139 cm³/mol. The third-order valence-corrected chi connectivity index (χ3v) is 7.82. The molecule has 3 aliphatic heterocycles. The number of rotatable bonds is 6. The molecule has 36 heavy (non-hydrogen) atoms. The van der Waals surface area contributed by atoms with E-state index in [0.29, 0.717) is 26.1 Å². The van der Waals surface area contributed by atoms with Crippen LogP contribution in [0.2, 0.25) is 0 Å². The van der Waals surface area contributed by atoms with Gasteiger partial charge in [0, 0.05) is 63.6 Å². The number of carbonyl (C=O) groups is 2. The van der Waals surface area contributed by atoms with Gasteiger partial charge in [-0.15, -0.1) is 0 Å². The lowest BCUT2D eigenvalue weighted by atomic mass is 9.96. The SMILES string of the molecule is CN1c2ccccc2C(=O)N2CCc3c(n(CCC(=O)NCCN4CCOCC4)c4ccccc34)C21. The molecule has 6 rings (SSSR count). The van der Waals surface area contributed by atoms with Gasteiger partial charge in [-0.2, -0.15) is 0 Å². The smallest absolute Gasteiger partial charge is 0.257 e. The molecule has 1 unspecified atom stereocenters. The Hall–Kier alpha value is -3.36. The number of para-hydroxylation sites is 2. The fraction of sp³-hybridized carbons (Fsp3) is 0.429. The molecule has 1 atom stereocenters. The maximum absolute atomic E-state index is 13.5. The minimum Gasteiger partial charge on any atom is -0.379 e. The Kier molecular flexibility index (Phi) is 6.15. The van der Waals surface area contributed by atoms with Crippen molar-refractivity contribution >= 4 is 28.4 Å². The maximum Gasteiger partial charge on any atom is 0.257 e. The first kappa shape index (κ1) is 23.1. The fourth-order valence-corrected chi connectivity index (χ4v) is 6.03. The van der Waals surface area contributed by atoms with E-state index in [9.17, 15) is 9.59 Å². The Morgan fingerprint density at radius 2 is 1.81 bits per heavy atom. The van der Waals surface area contributed by atoms with Crippen molar-refractivity contribution in [2.45, 2.75) is 25.6 Å². The third kappa shape index (κ3) is 3.94. The number of hydrogen-bond donors (Lipinski definition) is 1. The molecular formula is C28H33N5O3. The van der Waals surface area contributed by atoms with Crippen LogP contribution in [0.4, 0.5) is 5.69 Å². The van der Waals surface area contributed by atoms with Gasteiger partial charge in [0.05, 0.1) is 30.2 Å². The second kappa shape index (κ2) is 9.59. The van der Waals surface area contributed by atoms with Crippen molar-refractivity contribution in [3.63, 3.8) is 0 Å². The van der Waals surface area contributed by atoms with Crippen LogP contribution in [-0.2, 0) is 22.5 Å². The number of ether oxygens (including phenoxy) is 1. The van der Waals surface area contributed by atoms with Crippen LogP contribution < -0.4 is 10.2 Å². The normalized spacial score (nSPS) is 19.7. The summed E-state index contributed by atoms with van der Waals surface area (Å²) in [5.74, 6) is 0.137. The van der Waals surface area contributed by atoms with Gasteiger partial charge in [0.15, 0.2) is 0 Å². The highest BCUT2D eigenvalue weighted by Gasteiger charge is 2.42. The maximum atomic E-state index is 13.5. The second-order valence-electron chi connectivity index (χ2n) is 9.84. The Balaban J connectivity index is 1.26. The molecule has 8 nitrogen and oxygen atoms in total. The van der Waals surface area contributed by atoms with Gasteiger partial charge in [0.2, 0.25) is 5.91 Å². The molecule has 0 radical (unpaired) electrons. The summed E-state index contributed by atoms with van der Waals surface area (Å²) >= 11 is 0. The molecule has 3 aliphatic rings. The first-order valence-electron chi connectivity index (χ1n) is 12.9. The van der Waals surface area contributed by atoms with E-state index < -0.39 is 0 Å². The number of benzene rings is 2. The first-order valence-corrected chi connectivity index (χ1v) is 12.9. The van der Waals surface area contributed by atoms with Gasteiger partial charge in [0.1, 0.15) is 6.17 Å². The number of carbonyl (C=O) groups excluding carboxylic acids is 2. The van der Waals surface area contributed by atoms with E-state index in [1.807, 2.05) is 29.2 Å². The van der Waals surface area contributed by atoms with Crippen LogP contribution in [0.1, 0.15) is 34.2 Å². The lowest BCUT2D eigenvalue weighted by Gasteiger charge is -2.46. The predicted octanol–water partition coefficient (Wildman–Crippen LogP) is 2.63. The molecule has 2 aromatic carbocycles. The largest absolute Gasteiger partial charge is 0.379 e. The molecule has 2 amide bonds. The molecular weight excluding hydrogens is 454 g/mol. The Morgan fingerprint density at radius 3 is 2.67 bits per heavy atom. The van der Waals surface area contributed by atoms with E-state index in [0.717, 1.165) is 61.7 Å². The van der Waals surface area contributed by atoms with E-state index in [-0.39, 0.29) is 18.0 Å². The standard InChI is InChI=1S/C28H33N5O3/c1-30-23-8-4-3-7-22(23)28(35)33-13-10-21-20-6-2-5-9-24(20)32(26(21)27(30)33)14-11-25(34)29-12-15-31-16-18-36-19-17-31/h2-9,27H,10-19H2,1H3,(H,29,34). The van der Waals surface area contributed by atoms with Crippen LogP contribution >= 0.6 is 0 Å². The van der Waals surface area contributed by atoms with Crippen molar-refractivity contribution < 1.29 is 14.3 Å². The van der Waals surface area contributed by atoms with Gasteiger partial charge in [-0.3, -0.25) is 14.5 Å². The summed E-state index contributed by atoms with van der Waals surface area (Å²) in [7, 11) is 2.07. The zero-order valence-corrected chi connectivity index (χ0v) is 20.8. The van der Waals surface area contributed by atoms with Gasteiger partial charge in [0.25, 0.3) is 5.91 Å². The summed E-state index contributed by atoms with van der Waals surface area (Å²) < 4.78 is 7.68. The Labute approximate surface area is 211 Å². The van der Waals surface area contributed by atoms with E-state index in [1.54, 1.807) is 0 Å². The molecule has 1 fully saturated rings. The number of nitrogens with zero attached hydrogens (tertiary/aromatic N) is 4. The monoisotopic (exact) mass is 487 g/mol. The zero-order chi connectivity index (χ0) is 24.6. The Morgan fingerprint density at radius 1 is 1.03 bits per heavy atom. The van der Waals surface area contributed by atoms with Gasteiger partial charge in [-0.25, -0.2) is 0 Å². The van der Waals surface area contributed by atoms with Crippen LogP contribution in [0, 0.1) is 0 Å². The number of anilines is 1. The molecule has 3 aromatic rings. The molecule has 1 N–H and O–H groups in total. The number of morpholine rings is 1. The molecule has 1 saturated heterocycles.